The standard InChI is InChI=1S/C19H22N6O4/c1-11(2)25-16-14(22-17(25)18(28)29)15(21-10-12-6-4-3-5-7-12)23-19(24-16)20-9-8-13(26)27/h3-7,11H,8-10H2,1-2H3,(H,26,27)(H,28,29)(H2,20,21,23,24). The SMILES string of the molecule is CC(C)n1c(C(=O)O)nc2c(NCc3ccccc3)nc(NCCC(=O)O)nc21. The minimum Gasteiger partial charge on any atom is -0.481 e. The zero-order chi connectivity index (χ0) is 21.0. The zero-order valence-corrected chi connectivity index (χ0v) is 16.1. The number of hydrogen-bond acceptors (Lipinski definition) is 7. The number of carboxylic acids is 2. The lowest BCUT2D eigenvalue weighted by molar-refractivity contribution is -0.136. The summed E-state index contributed by atoms with van der Waals surface area (Å²) in [5, 5.41) is 24.5. The number of fused-ring (bicyclic) bond motifs is 1. The second-order valence-electron chi connectivity index (χ2n) is 6.68. The van der Waals surface area contributed by atoms with Crippen molar-refractivity contribution < 1.29 is 19.8 Å². The zero-order valence-electron chi connectivity index (χ0n) is 16.1. The van der Waals surface area contributed by atoms with Gasteiger partial charge in [0.25, 0.3) is 0 Å². The average Bonchev–Trinajstić information content (AvgIpc) is 3.07. The lowest BCUT2D eigenvalue weighted by Gasteiger charge is -2.12. The van der Waals surface area contributed by atoms with Gasteiger partial charge in [0.1, 0.15) is 0 Å². The molecule has 2 aromatic heterocycles. The van der Waals surface area contributed by atoms with E-state index in [4.69, 9.17) is 5.11 Å². The maximum atomic E-state index is 11.7. The van der Waals surface area contributed by atoms with E-state index in [1.165, 1.54) is 4.57 Å². The summed E-state index contributed by atoms with van der Waals surface area (Å²) in [4.78, 5) is 35.5. The highest BCUT2D eigenvalue weighted by atomic mass is 16.4. The predicted molar refractivity (Wildman–Crippen MR) is 107 cm³/mol. The number of aliphatic carboxylic acids is 1. The van der Waals surface area contributed by atoms with Gasteiger partial charge in [-0.3, -0.25) is 4.79 Å². The molecule has 10 nitrogen and oxygen atoms in total. The minimum absolute atomic E-state index is 0.0992. The van der Waals surface area contributed by atoms with Crippen molar-refractivity contribution in [3.63, 3.8) is 0 Å². The van der Waals surface area contributed by atoms with Gasteiger partial charge in [-0.05, 0) is 19.4 Å². The highest BCUT2D eigenvalue weighted by Gasteiger charge is 2.23. The third-order valence-electron chi connectivity index (χ3n) is 4.17. The number of carboxylic acid groups (broad SMARTS) is 2. The second kappa shape index (κ2) is 8.55. The molecule has 29 heavy (non-hydrogen) atoms. The molecule has 0 unspecified atom stereocenters. The van der Waals surface area contributed by atoms with Gasteiger partial charge in [-0.2, -0.15) is 9.97 Å². The Kier molecular flexibility index (Phi) is 5.91. The van der Waals surface area contributed by atoms with Crippen LogP contribution in [0.5, 0.6) is 0 Å². The Morgan fingerprint density at radius 3 is 2.41 bits per heavy atom. The van der Waals surface area contributed by atoms with E-state index < -0.39 is 11.9 Å². The molecule has 10 heteroatoms. The molecule has 0 fully saturated rings. The van der Waals surface area contributed by atoms with Gasteiger partial charge in [0.2, 0.25) is 11.8 Å². The van der Waals surface area contributed by atoms with E-state index in [1.54, 1.807) is 0 Å². The summed E-state index contributed by atoms with van der Waals surface area (Å²) >= 11 is 0. The molecule has 0 aliphatic carbocycles. The highest BCUT2D eigenvalue weighted by Crippen LogP contribution is 2.26. The van der Waals surface area contributed by atoms with Crippen LogP contribution in [0.15, 0.2) is 30.3 Å². The molecule has 3 rings (SSSR count). The van der Waals surface area contributed by atoms with Crippen molar-refractivity contribution in [1.29, 1.82) is 0 Å². The highest BCUT2D eigenvalue weighted by molar-refractivity contribution is 5.93. The van der Waals surface area contributed by atoms with E-state index in [-0.39, 0.29) is 30.8 Å². The number of imidazole rings is 1. The van der Waals surface area contributed by atoms with Gasteiger partial charge < -0.3 is 25.4 Å². The van der Waals surface area contributed by atoms with Crippen molar-refractivity contribution in [2.75, 3.05) is 17.2 Å². The number of benzene rings is 1. The molecule has 2 heterocycles. The number of rotatable bonds is 9. The molecule has 0 amide bonds. The largest absolute Gasteiger partial charge is 0.481 e. The number of nitrogens with one attached hydrogen (secondary N) is 2. The van der Waals surface area contributed by atoms with E-state index in [0.29, 0.717) is 23.5 Å². The molecule has 4 N–H and O–H groups in total. The first-order chi connectivity index (χ1) is 13.9. The van der Waals surface area contributed by atoms with Crippen molar-refractivity contribution in [3.05, 3.63) is 41.7 Å². The Morgan fingerprint density at radius 1 is 1.07 bits per heavy atom. The van der Waals surface area contributed by atoms with Crippen molar-refractivity contribution in [2.24, 2.45) is 0 Å². The van der Waals surface area contributed by atoms with Crippen LogP contribution in [-0.2, 0) is 11.3 Å². The number of anilines is 2. The first-order valence-electron chi connectivity index (χ1n) is 9.13. The fraction of sp³-hybridized carbons (Fsp3) is 0.316. The molecule has 0 aliphatic rings. The topological polar surface area (TPSA) is 142 Å². The summed E-state index contributed by atoms with van der Waals surface area (Å²) in [6.45, 7) is 4.27. The van der Waals surface area contributed by atoms with E-state index in [1.807, 2.05) is 44.2 Å². The number of aromatic nitrogens is 4. The Bertz CT molecular complexity index is 1030. The van der Waals surface area contributed by atoms with Gasteiger partial charge in [-0.15, -0.1) is 0 Å². The van der Waals surface area contributed by atoms with E-state index in [2.05, 4.69) is 25.6 Å². The normalized spacial score (nSPS) is 11.0. The molecule has 0 aliphatic heterocycles. The van der Waals surface area contributed by atoms with Crippen LogP contribution < -0.4 is 10.6 Å². The maximum absolute atomic E-state index is 11.7. The molecule has 0 bridgehead atoms. The summed E-state index contributed by atoms with van der Waals surface area (Å²) in [7, 11) is 0. The van der Waals surface area contributed by atoms with Crippen LogP contribution in [0.2, 0.25) is 0 Å². The molecule has 0 spiro atoms. The molecule has 0 saturated carbocycles. The van der Waals surface area contributed by atoms with Gasteiger partial charge in [-0.1, -0.05) is 30.3 Å². The van der Waals surface area contributed by atoms with Crippen molar-refractivity contribution >= 4 is 34.9 Å². The molecular weight excluding hydrogens is 376 g/mol. The Hall–Kier alpha value is -3.69. The molecule has 3 aromatic rings. The first kappa shape index (κ1) is 20.1. The van der Waals surface area contributed by atoms with Gasteiger partial charge in [0.15, 0.2) is 17.0 Å². The lowest BCUT2D eigenvalue weighted by atomic mass is 10.2. The van der Waals surface area contributed by atoms with Crippen molar-refractivity contribution in [3.8, 4) is 0 Å². The van der Waals surface area contributed by atoms with Gasteiger partial charge in [0.05, 0.1) is 6.42 Å². The van der Waals surface area contributed by atoms with Crippen LogP contribution in [-0.4, -0.2) is 48.2 Å². The maximum Gasteiger partial charge on any atom is 0.372 e. The first-order valence-corrected chi connectivity index (χ1v) is 9.13. The van der Waals surface area contributed by atoms with Crippen LogP contribution in [0.25, 0.3) is 11.2 Å². The third-order valence-corrected chi connectivity index (χ3v) is 4.17. The molecule has 0 atom stereocenters. The fourth-order valence-electron chi connectivity index (χ4n) is 2.88. The molecule has 152 valence electrons. The third kappa shape index (κ3) is 4.60. The summed E-state index contributed by atoms with van der Waals surface area (Å²) in [6.07, 6.45) is -0.0992. The van der Waals surface area contributed by atoms with Gasteiger partial charge >= 0.3 is 11.9 Å². The predicted octanol–water partition coefficient (Wildman–Crippen LogP) is 2.60. The molecule has 0 saturated heterocycles. The number of aromatic carboxylic acids is 1. The lowest BCUT2D eigenvalue weighted by Crippen LogP contribution is -2.14. The fourth-order valence-corrected chi connectivity index (χ4v) is 2.88. The van der Waals surface area contributed by atoms with Gasteiger partial charge in [0, 0.05) is 19.1 Å². The Morgan fingerprint density at radius 2 is 1.79 bits per heavy atom. The minimum atomic E-state index is -1.16. The monoisotopic (exact) mass is 398 g/mol. The van der Waals surface area contributed by atoms with Crippen LogP contribution >= 0.6 is 0 Å². The quantitative estimate of drug-likeness (QED) is 0.428. The summed E-state index contributed by atoms with van der Waals surface area (Å²) in [5.74, 6) is -1.66. The number of nitrogens with zero attached hydrogens (tertiary/aromatic N) is 4. The summed E-state index contributed by atoms with van der Waals surface area (Å²) < 4.78 is 1.52. The van der Waals surface area contributed by atoms with Crippen LogP contribution in [0.3, 0.4) is 0 Å². The van der Waals surface area contributed by atoms with Crippen LogP contribution in [0, 0.1) is 0 Å². The van der Waals surface area contributed by atoms with Gasteiger partial charge in [-0.25, -0.2) is 9.78 Å². The van der Waals surface area contributed by atoms with E-state index >= 15 is 0 Å². The second-order valence-corrected chi connectivity index (χ2v) is 6.68. The van der Waals surface area contributed by atoms with Crippen molar-refractivity contribution in [2.45, 2.75) is 32.9 Å². The number of carbonyl (C=O) groups is 2. The molecule has 1 aromatic carbocycles. The average molecular weight is 398 g/mol. The summed E-state index contributed by atoms with van der Waals surface area (Å²) in [6, 6.07) is 9.46. The van der Waals surface area contributed by atoms with E-state index in [0.717, 1.165) is 5.56 Å². The summed E-state index contributed by atoms with van der Waals surface area (Å²) in [5.41, 5.74) is 1.72. The van der Waals surface area contributed by atoms with Crippen LogP contribution in [0.4, 0.5) is 11.8 Å². The smallest absolute Gasteiger partial charge is 0.372 e. The molecular formula is C19H22N6O4. The Labute approximate surface area is 166 Å². The number of hydrogen-bond donors (Lipinski definition) is 4. The Balaban J connectivity index is 2.04. The van der Waals surface area contributed by atoms with Crippen molar-refractivity contribution in [1.82, 2.24) is 19.5 Å². The van der Waals surface area contributed by atoms with E-state index in [9.17, 15) is 14.7 Å². The van der Waals surface area contributed by atoms with Crippen LogP contribution in [0.1, 0.15) is 42.5 Å². The molecule has 0 radical (unpaired) electrons.